The molecule has 0 saturated heterocycles. The molecule has 34 heavy (non-hydrogen) atoms. The van der Waals surface area contributed by atoms with Crippen molar-refractivity contribution in [2.45, 2.75) is 6.54 Å². The lowest BCUT2D eigenvalue weighted by Crippen LogP contribution is -2.12. The maximum Gasteiger partial charge on any atom is 0.230 e. The standard InChI is InChI=1S/C21H19N9O3S/c1-33-20-13(10-22)5-3-7-15(20)16-9-17(26-21(23)25-16)18-12-30(29-27-18)11-14-6-4-8-19(24-14)28-34(2,31)32/h3-9,12H,11H2,1-2H3,(H,24,28)(H2,23,25,26). The first-order chi connectivity index (χ1) is 16.3. The first-order valence-corrected chi connectivity index (χ1v) is 11.7. The fourth-order valence-electron chi connectivity index (χ4n) is 3.26. The van der Waals surface area contributed by atoms with Crippen molar-refractivity contribution in [1.82, 2.24) is 29.9 Å². The molecule has 13 heteroatoms. The van der Waals surface area contributed by atoms with E-state index in [4.69, 9.17) is 10.5 Å². The van der Waals surface area contributed by atoms with Gasteiger partial charge in [0.1, 0.15) is 23.3 Å². The minimum atomic E-state index is -3.44. The molecule has 0 saturated carbocycles. The van der Waals surface area contributed by atoms with E-state index in [9.17, 15) is 13.7 Å². The minimum absolute atomic E-state index is 0.0210. The van der Waals surface area contributed by atoms with E-state index in [1.165, 1.54) is 11.8 Å². The molecule has 0 unspecified atom stereocenters. The number of methoxy groups -OCH3 is 1. The molecule has 4 rings (SSSR count). The molecule has 3 aromatic heterocycles. The highest BCUT2D eigenvalue weighted by atomic mass is 32.2. The summed E-state index contributed by atoms with van der Waals surface area (Å²) in [7, 11) is -1.96. The fourth-order valence-corrected chi connectivity index (χ4v) is 3.75. The molecule has 0 bridgehead atoms. The van der Waals surface area contributed by atoms with E-state index < -0.39 is 10.0 Å². The normalized spacial score (nSPS) is 11.1. The van der Waals surface area contributed by atoms with Gasteiger partial charge in [0.25, 0.3) is 0 Å². The number of sulfonamides is 1. The Balaban J connectivity index is 1.64. The molecule has 12 nitrogen and oxygen atoms in total. The zero-order valence-electron chi connectivity index (χ0n) is 18.2. The van der Waals surface area contributed by atoms with Crippen molar-refractivity contribution in [3.63, 3.8) is 0 Å². The van der Waals surface area contributed by atoms with Crippen molar-refractivity contribution < 1.29 is 13.2 Å². The first-order valence-electron chi connectivity index (χ1n) is 9.82. The lowest BCUT2D eigenvalue weighted by molar-refractivity contribution is 0.415. The van der Waals surface area contributed by atoms with Gasteiger partial charge in [-0.3, -0.25) is 4.72 Å². The number of pyridine rings is 1. The molecule has 1 aromatic carbocycles. The molecule has 3 heterocycles. The van der Waals surface area contributed by atoms with Crippen LogP contribution < -0.4 is 15.2 Å². The number of nitriles is 1. The summed E-state index contributed by atoms with van der Waals surface area (Å²) in [5.74, 6) is 0.612. The van der Waals surface area contributed by atoms with Gasteiger partial charge in [-0.1, -0.05) is 17.3 Å². The quantitative estimate of drug-likeness (QED) is 0.398. The van der Waals surface area contributed by atoms with Gasteiger partial charge < -0.3 is 10.5 Å². The largest absolute Gasteiger partial charge is 0.495 e. The van der Waals surface area contributed by atoms with Gasteiger partial charge in [0.05, 0.1) is 48.8 Å². The van der Waals surface area contributed by atoms with E-state index in [-0.39, 0.29) is 18.3 Å². The van der Waals surface area contributed by atoms with Gasteiger partial charge in [-0.15, -0.1) is 5.10 Å². The zero-order valence-corrected chi connectivity index (χ0v) is 19.0. The number of anilines is 2. The highest BCUT2D eigenvalue weighted by Gasteiger charge is 2.16. The minimum Gasteiger partial charge on any atom is -0.495 e. The van der Waals surface area contributed by atoms with Crippen LogP contribution in [0, 0.1) is 11.3 Å². The van der Waals surface area contributed by atoms with Crippen molar-refractivity contribution in [3.8, 4) is 34.5 Å². The monoisotopic (exact) mass is 477 g/mol. The summed E-state index contributed by atoms with van der Waals surface area (Å²) in [6, 6.07) is 13.9. The third-order valence-electron chi connectivity index (χ3n) is 4.58. The van der Waals surface area contributed by atoms with Crippen LogP contribution in [-0.2, 0) is 16.6 Å². The Labute approximate surface area is 195 Å². The Bertz CT molecular complexity index is 1510. The lowest BCUT2D eigenvalue weighted by Gasteiger charge is -2.10. The number of benzene rings is 1. The Kier molecular flexibility index (Phi) is 6.07. The van der Waals surface area contributed by atoms with Crippen molar-refractivity contribution in [2.75, 3.05) is 23.8 Å². The second-order valence-electron chi connectivity index (χ2n) is 7.18. The van der Waals surface area contributed by atoms with E-state index in [1.807, 2.05) is 0 Å². The second kappa shape index (κ2) is 9.12. The molecule has 0 atom stereocenters. The molecule has 0 aliphatic rings. The number of hydrogen-bond donors (Lipinski definition) is 2. The molecule has 0 radical (unpaired) electrons. The van der Waals surface area contributed by atoms with Crippen molar-refractivity contribution in [2.24, 2.45) is 0 Å². The lowest BCUT2D eigenvalue weighted by atomic mass is 10.1. The highest BCUT2D eigenvalue weighted by molar-refractivity contribution is 7.92. The summed E-state index contributed by atoms with van der Waals surface area (Å²) < 4.78 is 32.2. The zero-order chi connectivity index (χ0) is 24.3. The molecule has 0 aliphatic heterocycles. The molecule has 172 valence electrons. The van der Waals surface area contributed by atoms with Crippen LogP contribution in [0.4, 0.5) is 11.8 Å². The van der Waals surface area contributed by atoms with Gasteiger partial charge in [0.2, 0.25) is 16.0 Å². The van der Waals surface area contributed by atoms with E-state index in [2.05, 4.69) is 36.1 Å². The van der Waals surface area contributed by atoms with Crippen LogP contribution in [-0.4, -0.2) is 51.7 Å². The maximum atomic E-state index is 11.4. The fraction of sp³-hybridized carbons (Fsp3) is 0.143. The maximum absolute atomic E-state index is 11.4. The number of nitrogens with one attached hydrogen (secondary N) is 1. The van der Waals surface area contributed by atoms with Crippen LogP contribution in [0.3, 0.4) is 0 Å². The van der Waals surface area contributed by atoms with Crippen LogP contribution in [0.5, 0.6) is 5.75 Å². The summed E-state index contributed by atoms with van der Waals surface area (Å²) in [5, 5.41) is 17.6. The predicted octanol–water partition coefficient (Wildman–Crippen LogP) is 1.68. The third-order valence-corrected chi connectivity index (χ3v) is 5.16. The molecule has 0 amide bonds. The van der Waals surface area contributed by atoms with E-state index in [0.29, 0.717) is 39.7 Å². The van der Waals surface area contributed by atoms with Crippen molar-refractivity contribution in [3.05, 3.63) is 59.9 Å². The summed E-state index contributed by atoms with van der Waals surface area (Å²) in [4.78, 5) is 12.8. The molecular formula is C21H19N9O3S. The summed E-state index contributed by atoms with van der Waals surface area (Å²) >= 11 is 0. The van der Waals surface area contributed by atoms with Gasteiger partial charge in [-0.05, 0) is 30.3 Å². The SMILES string of the molecule is COc1c(C#N)cccc1-c1cc(-c2cn(Cc3cccc(NS(C)(=O)=O)n3)nn2)nc(N)n1. The van der Waals surface area contributed by atoms with Crippen molar-refractivity contribution >= 4 is 21.8 Å². The van der Waals surface area contributed by atoms with Gasteiger partial charge in [-0.2, -0.15) is 5.26 Å². The van der Waals surface area contributed by atoms with E-state index >= 15 is 0 Å². The molecule has 4 aromatic rings. The molecule has 3 N–H and O–H groups in total. The molecule has 0 aliphatic carbocycles. The Morgan fingerprint density at radius 1 is 1.12 bits per heavy atom. The first kappa shape index (κ1) is 22.6. The number of nitrogen functional groups attached to an aromatic ring is 1. The number of para-hydroxylation sites is 1. The van der Waals surface area contributed by atoms with Gasteiger partial charge in [-0.25, -0.2) is 28.1 Å². The molecule has 0 fully saturated rings. The number of nitrogens with zero attached hydrogens (tertiary/aromatic N) is 7. The highest BCUT2D eigenvalue weighted by Crippen LogP contribution is 2.33. The Morgan fingerprint density at radius 3 is 2.62 bits per heavy atom. The number of rotatable bonds is 7. The number of nitrogens with two attached hydrogens (primary N) is 1. The third kappa shape index (κ3) is 5.08. The summed E-state index contributed by atoms with van der Waals surface area (Å²) in [5.41, 5.74) is 8.81. The number of hydrogen-bond acceptors (Lipinski definition) is 10. The van der Waals surface area contributed by atoms with Gasteiger partial charge in [0, 0.05) is 5.56 Å². The average Bonchev–Trinajstić information content (AvgIpc) is 3.25. The number of ether oxygens (including phenoxy) is 1. The topological polar surface area (TPSA) is 175 Å². The Morgan fingerprint density at radius 2 is 1.88 bits per heavy atom. The van der Waals surface area contributed by atoms with Crippen LogP contribution in [0.25, 0.3) is 22.6 Å². The molecular weight excluding hydrogens is 458 g/mol. The van der Waals surface area contributed by atoms with Crippen LogP contribution in [0.15, 0.2) is 48.7 Å². The van der Waals surface area contributed by atoms with Gasteiger partial charge >= 0.3 is 0 Å². The van der Waals surface area contributed by atoms with E-state index in [0.717, 1.165) is 6.26 Å². The van der Waals surface area contributed by atoms with Crippen LogP contribution >= 0.6 is 0 Å². The van der Waals surface area contributed by atoms with Crippen LogP contribution in [0.2, 0.25) is 0 Å². The number of aromatic nitrogens is 6. The molecule has 0 spiro atoms. The van der Waals surface area contributed by atoms with Crippen LogP contribution in [0.1, 0.15) is 11.3 Å². The van der Waals surface area contributed by atoms with Crippen molar-refractivity contribution in [1.29, 1.82) is 5.26 Å². The Hall–Kier alpha value is -4.57. The summed E-state index contributed by atoms with van der Waals surface area (Å²) in [6.45, 7) is 0.248. The smallest absolute Gasteiger partial charge is 0.230 e. The predicted molar refractivity (Wildman–Crippen MR) is 124 cm³/mol. The van der Waals surface area contributed by atoms with Gasteiger partial charge in [0.15, 0.2) is 0 Å². The second-order valence-corrected chi connectivity index (χ2v) is 8.93. The summed E-state index contributed by atoms with van der Waals surface area (Å²) in [6.07, 6.45) is 2.71. The average molecular weight is 478 g/mol. The van der Waals surface area contributed by atoms with E-state index in [1.54, 1.807) is 48.7 Å².